The Kier molecular flexibility index (Phi) is 16.9. The van der Waals surface area contributed by atoms with Gasteiger partial charge in [-0.25, -0.2) is 0 Å². The van der Waals surface area contributed by atoms with E-state index in [2.05, 4.69) is 13.8 Å². The van der Waals surface area contributed by atoms with E-state index in [1.54, 1.807) is 0 Å². The summed E-state index contributed by atoms with van der Waals surface area (Å²) >= 11 is -3.45. The third-order valence-corrected chi connectivity index (χ3v) is 15.4. The van der Waals surface area contributed by atoms with Gasteiger partial charge in [0.05, 0.1) is 0 Å². The molecule has 0 aromatic rings. The number of hydrogen-bond donors (Lipinski definition) is 0. The first-order chi connectivity index (χ1) is 19.2. The maximum atomic E-state index is 6.58. The molecule has 1 saturated heterocycles. The SMILES string of the molecule is CCC[CH2][Ge]1([CH2]CCC)[O]OC2(CCCCCCCCCCC2)OOC2(CCCCCCCCCCC2)O[O]1. The molecule has 6 nitrogen and oxygen atoms in total. The van der Waals surface area contributed by atoms with Gasteiger partial charge < -0.3 is 0 Å². The van der Waals surface area contributed by atoms with Gasteiger partial charge in [0.2, 0.25) is 0 Å². The van der Waals surface area contributed by atoms with Crippen LogP contribution in [0.1, 0.15) is 181 Å². The monoisotopic (exact) mass is 616 g/mol. The van der Waals surface area contributed by atoms with E-state index < -0.39 is 25.5 Å². The minimum absolute atomic E-state index is 0.795. The van der Waals surface area contributed by atoms with Crippen LogP contribution in [0.15, 0.2) is 0 Å². The molecule has 2 saturated carbocycles. The van der Waals surface area contributed by atoms with Gasteiger partial charge >= 0.3 is 244 Å². The Morgan fingerprint density at radius 3 is 0.974 bits per heavy atom. The quantitative estimate of drug-likeness (QED) is 0.219. The Labute approximate surface area is 243 Å². The number of rotatable bonds is 6. The van der Waals surface area contributed by atoms with E-state index in [1.807, 2.05) is 0 Å². The molecule has 1 aliphatic heterocycles. The molecule has 0 N–H and O–H groups in total. The third-order valence-electron chi connectivity index (χ3n) is 9.09. The zero-order valence-corrected chi connectivity index (χ0v) is 27.8. The van der Waals surface area contributed by atoms with Crippen molar-refractivity contribution in [1.29, 1.82) is 0 Å². The molecule has 0 bridgehead atoms. The predicted molar refractivity (Wildman–Crippen MR) is 159 cm³/mol. The molecule has 0 aromatic carbocycles. The number of unbranched alkanes of at least 4 members (excludes halogenated alkanes) is 2. The fraction of sp³-hybridized carbons (Fsp3) is 1.00. The van der Waals surface area contributed by atoms with Crippen molar-refractivity contribution in [2.75, 3.05) is 0 Å². The second-order valence-corrected chi connectivity index (χ2v) is 19.4. The maximum absolute atomic E-state index is 6.58. The van der Waals surface area contributed by atoms with E-state index in [0.29, 0.717) is 0 Å². The fourth-order valence-electron chi connectivity index (χ4n) is 6.32. The van der Waals surface area contributed by atoms with Crippen molar-refractivity contribution in [3.63, 3.8) is 0 Å². The van der Waals surface area contributed by atoms with Crippen LogP contribution in [-0.2, 0) is 27.4 Å². The fourth-order valence-corrected chi connectivity index (χ4v) is 12.6. The molecule has 3 fully saturated rings. The van der Waals surface area contributed by atoms with Crippen LogP contribution in [0.4, 0.5) is 0 Å². The molecule has 3 aliphatic rings. The van der Waals surface area contributed by atoms with Crippen LogP contribution in [0.3, 0.4) is 0 Å². The van der Waals surface area contributed by atoms with Crippen molar-refractivity contribution >= 4 is 13.9 Å². The molecular weight excluding hydrogens is 553 g/mol. The van der Waals surface area contributed by atoms with Gasteiger partial charge in [-0.05, 0) is 0 Å². The third kappa shape index (κ3) is 12.6. The van der Waals surface area contributed by atoms with Gasteiger partial charge in [0.1, 0.15) is 0 Å². The molecule has 2 aliphatic carbocycles. The van der Waals surface area contributed by atoms with E-state index in [0.717, 1.165) is 87.6 Å². The molecule has 0 aromatic heterocycles. The number of hydrogen-bond acceptors (Lipinski definition) is 6. The summed E-state index contributed by atoms with van der Waals surface area (Å²) in [4.78, 5) is 26.0. The minimum atomic E-state index is -3.45. The van der Waals surface area contributed by atoms with Crippen LogP contribution < -0.4 is 0 Å². The zero-order valence-electron chi connectivity index (χ0n) is 25.7. The Balaban J connectivity index is 1.88. The van der Waals surface area contributed by atoms with Crippen molar-refractivity contribution in [2.45, 2.75) is 203 Å². The molecule has 0 amide bonds. The zero-order chi connectivity index (χ0) is 27.5. The van der Waals surface area contributed by atoms with Crippen molar-refractivity contribution < 1.29 is 27.4 Å². The standard InChI is InChI=1S/C32H62GeO6/c1-3-5-29-33(30-6-4-2)38-36-31(25-21-17-13-9-7-10-14-18-22-26-31)34-35-32(37-39-33)27-23-19-15-11-8-12-16-20-24-28-32/h3-30H2,1-2H3. The summed E-state index contributed by atoms with van der Waals surface area (Å²) in [6.07, 6.45) is 29.8. The molecule has 0 unspecified atom stereocenters. The predicted octanol–water partition coefficient (Wildman–Crippen LogP) is 10.9. The molecule has 0 radical (unpaired) electrons. The van der Waals surface area contributed by atoms with Crippen molar-refractivity contribution in [1.82, 2.24) is 0 Å². The summed E-state index contributed by atoms with van der Waals surface area (Å²) in [6.45, 7) is 4.48. The van der Waals surface area contributed by atoms with E-state index in [1.165, 1.54) is 89.9 Å². The summed E-state index contributed by atoms with van der Waals surface area (Å²) in [6, 6.07) is 0. The van der Waals surface area contributed by atoms with Gasteiger partial charge in [0, 0.05) is 0 Å². The van der Waals surface area contributed by atoms with Gasteiger partial charge in [-0.1, -0.05) is 0 Å². The van der Waals surface area contributed by atoms with Gasteiger partial charge in [0.25, 0.3) is 0 Å². The second-order valence-electron chi connectivity index (χ2n) is 12.8. The first kappa shape index (κ1) is 33.8. The Hall–Kier alpha value is 0.303. The summed E-state index contributed by atoms with van der Waals surface area (Å²) in [5, 5.41) is 1.84. The van der Waals surface area contributed by atoms with Crippen LogP contribution in [0.2, 0.25) is 10.5 Å². The normalized spacial score (nSPS) is 26.6. The van der Waals surface area contributed by atoms with Crippen LogP contribution in [-0.4, -0.2) is 25.5 Å². The van der Waals surface area contributed by atoms with Gasteiger partial charge in [-0.15, -0.1) is 0 Å². The topological polar surface area (TPSA) is 55.4 Å². The van der Waals surface area contributed by atoms with E-state index in [9.17, 15) is 0 Å². The van der Waals surface area contributed by atoms with Crippen molar-refractivity contribution in [3.8, 4) is 0 Å². The van der Waals surface area contributed by atoms with Crippen LogP contribution in [0.25, 0.3) is 0 Å². The van der Waals surface area contributed by atoms with Gasteiger partial charge in [-0.3, -0.25) is 0 Å². The molecule has 7 heteroatoms. The van der Waals surface area contributed by atoms with E-state index >= 15 is 0 Å². The van der Waals surface area contributed by atoms with Gasteiger partial charge in [0.15, 0.2) is 0 Å². The molecule has 0 atom stereocenters. The van der Waals surface area contributed by atoms with Crippen LogP contribution >= 0.6 is 0 Å². The van der Waals surface area contributed by atoms with Crippen molar-refractivity contribution in [2.24, 2.45) is 0 Å². The second kappa shape index (κ2) is 19.5. The Morgan fingerprint density at radius 2 is 0.692 bits per heavy atom. The van der Waals surface area contributed by atoms with Gasteiger partial charge in [-0.2, -0.15) is 0 Å². The van der Waals surface area contributed by atoms with Crippen molar-refractivity contribution in [3.05, 3.63) is 0 Å². The first-order valence-electron chi connectivity index (χ1n) is 17.3. The van der Waals surface area contributed by atoms with E-state index in [4.69, 9.17) is 27.4 Å². The molecule has 230 valence electrons. The average molecular weight is 615 g/mol. The molecule has 3 rings (SSSR count). The molecular formula is C32H62GeO6. The first-order valence-corrected chi connectivity index (χ1v) is 21.9. The summed E-state index contributed by atoms with van der Waals surface area (Å²) in [5.74, 6) is -1.77. The van der Waals surface area contributed by atoms with E-state index in [-0.39, 0.29) is 0 Å². The van der Waals surface area contributed by atoms with Crippen LogP contribution in [0.5, 0.6) is 0 Å². The average Bonchev–Trinajstić information content (AvgIpc) is 3.00. The molecule has 1 heterocycles. The Bertz CT molecular complexity index is 541. The summed E-state index contributed by atoms with van der Waals surface area (Å²) < 4.78 is 13.2. The molecule has 2 spiro atoms. The summed E-state index contributed by atoms with van der Waals surface area (Å²) in [7, 11) is 0. The molecule has 39 heavy (non-hydrogen) atoms. The van der Waals surface area contributed by atoms with Crippen LogP contribution in [0, 0.1) is 0 Å². The summed E-state index contributed by atoms with van der Waals surface area (Å²) in [5.41, 5.74) is 0. The Morgan fingerprint density at radius 1 is 0.410 bits per heavy atom.